The molecule has 142 valence electrons. The fourth-order valence-corrected chi connectivity index (χ4v) is 3.59. The fourth-order valence-electron chi connectivity index (χ4n) is 3.59. The van der Waals surface area contributed by atoms with Crippen molar-refractivity contribution in [2.24, 2.45) is 0 Å². The lowest BCUT2D eigenvalue weighted by Crippen LogP contribution is -2.36. The summed E-state index contributed by atoms with van der Waals surface area (Å²) < 4.78 is 6.67. The standard InChI is InChI=1S/C26H20O3/c27-25(28)23-18-10-11-19-24(23)29-26(20-12-4-1-5-13-20,21-14-6-2-7-15-21)22-16-8-3-9-17-22/h1-19H,(H,27,28). The molecule has 0 aromatic heterocycles. The summed E-state index contributed by atoms with van der Waals surface area (Å²) in [6, 6.07) is 36.4. The normalized spacial score (nSPS) is 11.0. The van der Waals surface area contributed by atoms with Gasteiger partial charge in [0.15, 0.2) is 5.60 Å². The molecule has 0 amide bonds. The number of para-hydroxylation sites is 1. The van der Waals surface area contributed by atoms with Gasteiger partial charge in [0, 0.05) is 16.7 Å². The Balaban J connectivity index is 2.03. The van der Waals surface area contributed by atoms with E-state index in [4.69, 9.17) is 4.74 Å². The van der Waals surface area contributed by atoms with Crippen LogP contribution in [0, 0.1) is 0 Å². The van der Waals surface area contributed by atoms with Crippen LogP contribution >= 0.6 is 0 Å². The number of carbonyl (C=O) groups is 1. The third-order valence-electron chi connectivity index (χ3n) is 4.92. The van der Waals surface area contributed by atoms with Crippen LogP contribution in [-0.4, -0.2) is 11.1 Å². The summed E-state index contributed by atoms with van der Waals surface area (Å²) in [6.45, 7) is 0. The van der Waals surface area contributed by atoms with Gasteiger partial charge in [0.2, 0.25) is 0 Å². The molecular formula is C26H20O3. The molecule has 1 N–H and O–H groups in total. The monoisotopic (exact) mass is 380 g/mol. The van der Waals surface area contributed by atoms with Gasteiger partial charge in [-0.25, -0.2) is 4.79 Å². The smallest absolute Gasteiger partial charge is 0.339 e. The summed E-state index contributed by atoms with van der Waals surface area (Å²) in [5.74, 6) is -0.708. The van der Waals surface area contributed by atoms with E-state index in [1.165, 1.54) is 0 Å². The maximum Gasteiger partial charge on any atom is 0.339 e. The molecule has 0 atom stereocenters. The lowest BCUT2D eigenvalue weighted by atomic mass is 9.80. The molecule has 0 unspecified atom stereocenters. The van der Waals surface area contributed by atoms with Gasteiger partial charge in [0.1, 0.15) is 11.3 Å². The number of carboxylic acids is 1. The molecule has 3 heteroatoms. The Kier molecular flexibility index (Phi) is 5.12. The molecule has 4 aromatic carbocycles. The highest BCUT2D eigenvalue weighted by atomic mass is 16.5. The molecule has 0 bridgehead atoms. The summed E-state index contributed by atoms with van der Waals surface area (Å²) in [5.41, 5.74) is 1.86. The molecule has 0 saturated carbocycles. The minimum Gasteiger partial charge on any atom is -0.478 e. The predicted molar refractivity (Wildman–Crippen MR) is 113 cm³/mol. The highest BCUT2D eigenvalue weighted by molar-refractivity contribution is 5.90. The summed E-state index contributed by atoms with van der Waals surface area (Å²) in [6.07, 6.45) is 0. The maximum atomic E-state index is 11.8. The second kappa shape index (κ2) is 8.03. The van der Waals surface area contributed by atoms with Crippen molar-refractivity contribution >= 4 is 5.97 Å². The minimum atomic E-state index is -1.02. The van der Waals surface area contributed by atoms with Crippen molar-refractivity contribution in [2.45, 2.75) is 5.60 Å². The van der Waals surface area contributed by atoms with Crippen LogP contribution in [0.3, 0.4) is 0 Å². The van der Waals surface area contributed by atoms with Gasteiger partial charge in [0.05, 0.1) is 0 Å². The van der Waals surface area contributed by atoms with Gasteiger partial charge in [-0.15, -0.1) is 0 Å². The van der Waals surface area contributed by atoms with Gasteiger partial charge in [-0.1, -0.05) is 103 Å². The Hall–Kier alpha value is -3.85. The highest BCUT2D eigenvalue weighted by Crippen LogP contribution is 2.41. The molecule has 0 aliphatic carbocycles. The van der Waals surface area contributed by atoms with Gasteiger partial charge in [-0.2, -0.15) is 0 Å². The number of aromatic carboxylic acids is 1. The van der Waals surface area contributed by atoms with Crippen molar-refractivity contribution in [1.29, 1.82) is 0 Å². The molecular weight excluding hydrogens is 360 g/mol. The molecule has 4 aromatic rings. The Labute approximate surface area is 169 Å². The number of ether oxygens (including phenoxy) is 1. The number of carboxylic acid groups (broad SMARTS) is 1. The number of benzene rings is 4. The van der Waals surface area contributed by atoms with E-state index in [1.807, 2.05) is 91.0 Å². The molecule has 4 rings (SSSR count). The molecule has 0 spiro atoms. The lowest BCUT2D eigenvalue weighted by molar-refractivity contribution is 0.0684. The second-order valence-electron chi connectivity index (χ2n) is 6.68. The van der Waals surface area contributed by atoms with Crippen molar-refractivity contribution in [3.05, 3.63) is 138 Å². The lowest BCUT2D eigenvalue weighted by Gasteiger charge is -2.36. The van der Waals surface area contributed by atoms with Gasteiger partial charge >= 0.3 is 5.97 Å². The third kappa shape index (κ3) is 3.50. The van der Waals surface area contributed by atoms with E-state index in [0.717, 1.165) is 16.7 Å². The van der Waals surface area contributed by atoms with E-state index in [0.29, 0.717) is 5.75 Å². The van der Waals surface area contributed by atoms with Crippen LogP contribution in [0.25, 0.3) is 0 Å². The summed E-state index contributed by atoms with van der Waals surface area (Å²) >= 11 is 0. The third-order valence-corrected chi connectivity index (χ3v) is 4.92. The SMILES string of the molecule is O=C(O)c1ccccc1OC(c1ccccc1)(c1ccccc1)c1ccccc1. The van der Waals surface area contributed by atoms with Crippen LogP contribution in [0.5, 0.6) is 5.75 Å². The number of hydrogen-bond acceptors (Lipinski definition) is 2. The molecule has 3 nitrogen and oxygen atoms in total. The van der Waals surface area contributed by atoms with Crippen molar-refractivity contribution in [3.63, 3.8) is 0 Å². The molecule has 0 aliphatic heterocycles. The van der Waals surface area contributed by atoms with Crippen LogP contribution in [0.1, 0.15) is 27.0 Å². The molecule has 0 fully saturated rings. The van der Waals surface area contributed by atoms with Gasteiger partial charge in [0.25, 0.3) is 0 Å². The first-order chi connectivity index (χ1) is 14.2. The first-order valence-corrected chi connectivity index (χ1v) is 9.40. The summed E-state index contributed by atoms with van der Waals surface area (Å²) in [4.78, 5) is 11.8. The number of rotatable bonds is 6. The van der Waals surface area contributed by atoms with Gasteiger partial charge in [-0.05, 0) is 12.1 Å². The average Bonchev–Trinajstić information content (AvgIpc) is 2.79. The van der Waals surface area contributed by atoms with Crippen molar-refractivity contribution < 1.29 is 14.6 Å². The van der Waals surface area contributed by atoms with Crippen LogP contribution in [0.2, 0.25) is 0 Å². The predicted octanol–water partition coefficient (Wildman–Crippen LogP) is 5.76. The van der Waals surface area contributed by atoms with Gasteiger partial charge < -0.3 is 9.84 Å². The van der Waals surface area contributed by atoms with E-state index in [9.17, 15) is 9.90 Å². The zero-order valence-corrected chi connectivity index (χ0v) is 15.7. The highest BCUT2D eigenvalue weighted by Gasteiger charge is 2.39. The summed E-state index contributed by atoms with van der Waals surface area (Å²) in [5, 5.41) is 9.69. The van der Waals surface area contributed by atoms with Crippen LogP contribution < -0.4 is 4.74 Å². The van der Waals surface area contributed by atoms with Crippen LogP contribution in [0.4, 0.5) is 0 Å². The van der Waals surface area contributed by atoms with E-state index >= 15 is 0 Å². The summed E-state index contributed by atoms with van der Waals surface area (Å²) in [7, 11) is 0. The Bertz CT molecular complexity index is 994. The molecule has 0 heterocycles. The largest absolute Gasteiger partial charge is 0.478 e. The Morgan fingerprint density at radius 2 is 0.966 bits per heavy atom. The second-order valence-corrected chi connectivity index (χ2v) is 6.68. The van der Waals surface area contributed by atoms with E-state index in [1.54, 1.807) is 24.3 Å². The molecule has 0 radical (unpaired) electrons. The Morgan fingerprint density at radius 3 is 1.38 bits per heavy atom. The van der Waals surface area contributed by atoms with E-state index in [-0.39, 0.29) is 5.56 Å². The number of hydrogen-bond donors (Lipinski definition) is 1. The Morgan fingerprint density at radius 1 is 0.586 bits per heavy atom. The van der Waals surface area contributed by atoms with Crippen LogP contribution in [0.15, 0.2) is 115 Å². The zero-order chi connectivity index (χ0) is 20.1. The van der Waals surface area contributed by atoms with Gasteiger partial charge in [-0.3, -0.25) is 0 Å². The van der Waals surface area contributed by atoms with Crippen molar-refractivity contribution in [3.8, 4) is 5.75 Å². The van der Waals surface area contributed by atoms with Crippen LogP contribution in [-0.2, 0) is 5.60 Å². The average molecular weight is 380 g/mol. The maximum absolute atomic E-state index is 11.8. The minimum absolute atomic E-state index is 0.125. The fraction of sp³-hybridized carbons (Fsp3) is 0.0385. The quantitative estimate of drug-likeness (QED) is 0.433. The topological polar surface area (TPSA) is 46.5 Å². The van der Waals surface area contributed by atoms with Crippen molar-refractivity contribution in [1.82, 2.24) is 0 Å². The molecule has 0 saturated heterocycles. The van der Waals surface area contributed by atoms with Crippen molar-refractivity contribution in [2.75, 3.05) is 0 Å². The van der Waals surface area contributed by atoms with E-state index in [2.05, 4.69) is 0 Å². The first-order valence-electron chi connectivity index (χ1n) is 9.40. The first kappa shape index (κ1) is 18.5. The van der Waals surface area contributed by atoms with E-state index < -0.39 is 11.6 Å². The zero-order valence-electron chi connectivity index (χ0n) is 15.7. The molecule has 29 heavy (non-hydrogen) atoms. The molecule has 0 aliphatic rings.